The summed E-state index contributed by atoms with van der Waals surface area (Å²) in [5, 5.41) is 0. The first-order valence-electron chi connectivity index (χ1n) is 11.2. The largest absolute Gasteiger partial charge is 0.495 e. The van der Waals surface area contributed by atoms with Gasteiger partial charge in [-0.15, -0.1) is 0 Å². The van der Waals surface area contributed by atoms with Crippen molar-refractivity contribution in [2.75, 3.05) is 33.5 Å². The normalized spacial score (nSPS) is 13.4. The number of fused-ring (bicyclic) bond motifs is 6. The summed E-state index contributed by atoms with van der Waals surface area (Å²) >= 11 is 0. The van der Waals surface area contributed by atoms with E-state index in [1.165, 1.54) is 0 Å². The van der Waals surface area contributed by atoms with E-state index < -0.39 is 0 Å². The number of benzene rings is 3. The lowest BCUT2D eigenvalue weighted by Gasteiger charge is -2.22. The standard InChI is InChI=1S/C28H28O6/c1-17-9-20(15-29)26-22(11-17)24-13-19(3)14-25(28(24)31-4)23-12-18(2)10-21(16-30)27(23)34-8-6-32-5-7-33-26/h9-16H,5-8H2,1-4H3. The number of methoxy groups -OCH3 is 1. The van der Waals surface area contributed by atoms with E-state index in [0.29, 0.717) is 41.6 Å². The molecule has 0 spiro atoms. The highest BCUT2D eigenvalue weighted by atomic mass is 16.5. The Morgan fingerprint density at radius 2 is 1.06 bits per heavy atom. The lowest BCUT2D eigenvalue weighted by molar-refractivity contribution is 0.0760. The molecule has 0 fully saturated rings. The first-order chi connectivity index (χ1) is 16.5. The van der Waals surface area contributed by atoms with E-state index in [2.05, 4.69) is 0 Å². The van der Waals surface area contributed by atoms with Gasteiger partial charge in [-0.05, 0) is 73.9 Å². The van der Waals surface area contributed by atoms with Crippen molar-refractivity contribution in [1.29, 1.82) is 0 Å². The number of aldehydes is 2. The van der Waals surface area contributed by atoms with Crippen LogP contribution < -0.4 is 14.2 Å². The van der Waals surface area contributed by atoms with Crippen LogP contribution in [0.5, 0.6) is 17.2 Å². The number of aryl methyl sites for hydroxylation is 3. The van der Waals surface area contributed by atoms with Gasteiger partial charge in [0.1, 0.15) is 30.5 Å². The molecule has 0 aliphatic carbocycles. The molecular formula is C28H28O6. The third-order valence-electron chi connectivity index (χ3n) is 5.74. The third-order valence-corrected chi connectivity index (χ3v) is 5.74. The fourth-order valence-corrected chi connectivity index (χ4v) is 4.40. The number of carbonyl (C=O) groups is 2. The topological polar surface area (TPSA) is 71.1 Å². The number of carbonyl (C=O) groups excluding carboxylic acids is 2. The van der Waals surface area contributed by atoms with Crippen LogP contribution in [0, 0.1) is 20.8 Å². The van der Waals surface area contributed by atoms with Gasteiger partial charge in [-0.1, -0.05) is 0 Å². The van der Waals surface area contributed by atoms with Gasteiger partial charge in [0.2, 0.25) is 0 Å². The molecule has 0 radical (unpaired) electrons. The Morgan fingerprint density at radius 3 is 1.47 bits per heavy atom. The Kier molecular flexibility index (Phi) is 6.98. The van der Waals surface area contributed by atoms with E-state index in [-0.39, 0.29) is 13.2 Å². The summed E-state index contributed by atoms with van der Waals surface area (Å²) < 4.78 is 23.8. The average Bonchev–Trinajstić information content (AvgIpc) is 2.82. The lowest BCUT2D eigenvalue weighted by Crippen LogP contribution is -2.14. The summed E-state index contributed by atoms with van der Waals surface area (Å²) in [6.45, 7) is 7.07. The van der Waals surface area contributed by atoms with Gasteiger partial charge in [0.05, 0.1) is 31.5 Å². The minimum atomic E-state index is 0.271. The molecule has 1 aliphatic rings. The van der Waals surface area contributed by atoms with Crippen LogP contribution in [0.25, 0.3) is 22.3 Å². The Hall–Kier alpha value is -3.64. The van der Waals surface area contributed by atoms with Gasteiger partial charge in [-0.25, -0.2) is 0 Å². The van der Waals surface area contributed by atoms with Crippen molar-refractivity contribution in [1.82, 2.24) is 0 Å². The predicted molar refractivity (Wildman–Crippen MR) is 131 cm³/mol. The van der Waals surface area contributed by atoms with Crippen LogP contribution in [0.3, 0.4) is 0 Å². The van der Waals surface area contributed by atoms with E-state index in [1.807, 2.05) is 57.2 Å². The van der Waals surface area contributed by atoms with E-state index in [4.69, 9.17) is 18.9 Å². The van der Waals surface area contributed by atoms with Gasteiger partial charge < -0.3 is 18.9 Å². The molecule has 0 saturated heterocycles. The molecule has 1 aliphatic heterocycles. The number of hydrogen-bond acceptors (Lipinski definition) is 6. The number of ether oxygens (including phenoxy) is 4. The summed E-state index contributed by atoms with van der Waals surface area (Å²) in [6, 6.07) is 11.6. The van der Waals surface area contributed by atoms with Gasteiger partial charge >= 0.3 is 0 Å². The minimum absolute atomic E-state index is 0.271. The van der Waals surface area contributed by atoms with Crippen LogP contribution in [0.1, 0.15) is 37.4 Å². The van der Waals surface area contributed by atoms with E-state index in [1.54, 1.807) is 7.11 Å². The third kappa shape index (κ3) is 4.54. The van der Waals surface area contributed by atoms with E-state index >= 15 is 0 Å². The molecule has 0 amide bonds. The molecule has 0 aromatic heterocycles. The monoisotopic (exact) mass is 460 g/mol. The summed E-state index contributed by atoms with van der Waals surface area (Å²) in [7, 11) is 1.61. The second kappa shape index (κ2) is 10.1. The maximum absolute atomic E-state index is 11.9. The molecule has 0 atom stereocenters. The Labute approximate surface area is 199 Å². The van der Waals surface area contributed by atoms with Gasteiger partial charge in [0.25, 0.3) is 0 Å². The molecule has 176 valence electrons. The second-order valence-corrected chi connectivity index (χ2v) is 8.40. The molecule has 3 aromatic rings. The smallest absolute Gasteiger partial charge is 0.153 e. The molecule has 6 heteroatoms. The SMILES string of the molecule is COc1c2cc(C)cc1-c1cc(C)cc(C=O)c1OCCOCCOc1c(C=O)cc(C)cc1-2. The van der Waals surface area contributed by atoms with Crippen LogP contribution in [-0.2, 0) is 4.74 Å². The van der Waals surface area contributed by atoms with Crippen molar-refractivity contribution < 1.29 is 28.5 Å². The Balaban J connectivity index is 2.10. The zero-order valence-corrected chi connectivity index (χ0v) is 19.9. The minimum Gasteiger partial charge on any atom is -0.495 e. The van der Waals surface area contributed by atoms with Crippen LogP contribution in [-0.4, -0.2) is 46.1 Å². The molecule has 3 aromatic carbocycles. The average molecular weight is 461 g/mol. The number of hydrogen-bond donors (Lipinski definition) is 0. The lowest BCUT2D eigenvalue weighted by atomic mass is 9.90. The van der Waals surface area contributed by atoms with E-state index in [9.17, 15) is 9.59 Å². The van der Waals surface area contributed by atoms with Gasteiger partial charge in [-0.2, -0.15) is 0 Å². The zero-order valence-electron chi connectivity index (χ0n) is 19.9. The second-order valence-electron chi connectivity index (χ2n) is 8.40. The zero-order chi connectivity index (χ0) is 24.2. The summed E-state index contributed by atoms with van der Waals surface area (Å²) in [4.78, 5) is 23.9. The molecule has 4 rings (SSSR count). The molecular weight excluding hydrogens is 432 g/mol. The van der Waals surface area contributed by atoms with E-state index in [0.717, 1.165) is 51.5 Å². The number of rotatable bonds is 3. The first-order valence-corrected chi connectivity index (χ1v) is 11.2. The Bertz CT molecular complexity index is 1150. The maximum Gasteiger partial charge on any atom is 0.153 e. The van der Waals surface area contributed by atoms with Gasteiger partial charge in [-0.3, -0.25) is 9.59 Å². The predicted octanol–water partition coefficient (Wildman–Crippen LogP) is 5.37. The molecule has 0 saturated carbocycles. The highest BCUT2D eigenvalue weighted by Crippen LogP contribution is 2.47. The molecule has 1 heterocycles. The van der Waals surface area contributed by atoms with Crippen LogP contribution in [0.15, 0.2) is 36.4 Å². The van der Waals surface area contributed by atoms with Crippen molar-refractivity contribution in [3.63, 3.8) is 0 Å². The van der Waals surface area contributed by atoms with Crippen LogP contribution in [0.4, 0.5) is 0 Å². The van der Waals surface area contributed by atoms with Crippen molar-refractivity contribution in [2.24, 2.45) is 0 Å². The molecule has 2 bridgehead atoms. The van der Waals surface area contributed by atoms with Crippen molar-refractivity contribution >= 4 is 12.6 Å². The maximum atomic E-state index is 11.9. The van der Waals surface area contributed by atoms with Gasteiger partial charge in [0, 0.05) is 22.3 Å². The fourth-order valence-electron chi connectivity index (χ4n) is 4.40. The summed E-state index contributed by atoms with van der Waals surface area (Å²) in [5.41, 5.74) is 6.86. The summed E-state index contributed by atoms with van der Waals surface area (Å²) in [6.07, 6.45) is 1.61. The quantitative estimate of drug-likeness (QED) is 0.490. The van der Waals surface area contributed by atoms with Gasteiger partial charge in [0.15, 0.2) is 12.6 Å². The molecule has 0 N–H and O–H groups in total. The fraction of sp³-hybridized carbons (Fsp3) is 0.286. The van der Waals surface area contributed by atoms with Crippen LogP contribution >= 0.6 is 0 Å². The first kappa shape index (κ1) is 23.5. The highest BCUT2D eigenvalue weighted by Gasteiger charge is 2.23. The molecule has 0 unspecified atom stereocenters. The molecule has 6 nitrogen and oxygen atoms in total. The van der Waals surface area contributed by atoms with Crippen molar-refractivity contribution in [3.05, 3.63) is 64.2 Å². The van der Waals surface area contributed by atoms with Crippen LogP contribution in [0.2, 0.25) is 0 Å². The Morgan fingerprint density at radius 1 is 0.647 bits per heavy atom. The summed E-state index contributed by atoms with van der Waals surface area (Å²) in [5.74, 6) is 1.59. The highest BCUT2D eigenvalue weighted by molar-refractivity contribution is 5.94. The van der Waals surface area contributed by atoms with Crippen molar-refractivity contribution in [3.8, 4) is 39.5 Å². The van der Waals surface area contributed by atoms with Crippen molar-refractivity contribution in [2.45, 2.75) is 20.8 Å². The molecule has 34 heavy (non-hydrogen) atoms.